The number of pyridine rings is 1. The van der Waals surface area contributed by atoms with Crippen LogP contribution in [0.25, 0.3) is 11.4 Å². The molecule has 2 fully saturated rings. The molecule has 0 amide bonds. The summed E-state index contributed by atoms with van der Waals surface area (Å²) >= 11 is 0. The van der Waals surface area contributed by atoms with Crippen LogP contribution in [0.1, 0.15) is 37.5 Å². The van der Waals surface area contributed by atoms with Crippen LogP contribution < -0.4 is 10.2 Å². The third-order valence-electron chi connectivity index (χ3n) is 4.54. The van der Waals surface area contributed by atoms with E-state index in [1.54, 1.807) is 0 Å². The van der Waals surface area contributed by atoms with Crippen LogP contribution in [0.2, 0.25) is 0 Å². The highest BCUT2D eigenvalue weighted by molar-refractivity contribution is 5.56. The monoisotopic (exact) mass is 299 g/mol. The fourth-order valence-corrected chi connectivity index (χ4v) is 3.21. The van der Waals surface area contributed by atoms with Crippen molar-refractivity contribution in [2.45, 2.75) is 31.6 Å². The second kappa shape index (κ2) is 6.04. The topological polar surface area (TPSA) is 67.1 Å². The Morgan fingerprint density at radius 1 is 1.18 bits per heavy atom. The van der Waals surface area contributed by atoms with E-state index in [-0.39, 0.29) is 0 Å². The van der Waals surface area contributed by atoms with Crippen LogP contribution in [0.15, 0.2) is 22.9 Å². The van der Waals surface area contributed by atoms with Crippen molar-refractivity contribution >= 4 is 5.82 Å². The highest BCUT2D eigenvalue weighted by Crippen LogP contribution is 2.25. The molecule has 0 saturated carbocycles. The summed E-state index contributed by atoms with van der Waals surface area (Å²) in [7, 11) is 0. The maximum absolute atomic E-state index is 5.41. The van der Waals surface area contributed by atoms with Gasteiger partial charge >= 0.3 is 0 Å². The molecule has 2 saturated heterocycles. The summed E-state index contributed by atoms with van der Waals surface area (Å²) < 4.78 is 5.41. The van der Waals surface area contributed by atoms with Gasteiger partial charge in [0.25, 0.3) is 0 Å². The summed E-state index contributed by atoms with van der Waals surface area (Å²) in [6, 6.07) is 4.10. The molecule has 2 aromatic rings. The van der Waals surface area contributed by atoms with Gasteiger partial charge in [-0.25, -0.2) is 4.98 Å². The first-order valence-corrected chi connectivity index (χ1v) is 8.16. The minimum atomic E-state index is 0.349. The summed E-state index contributed by atoms with van der Waals surface area (Å²) in [5, 5.41) is 7.42. The van der Waals surface area contributed by atoms with Crippen LogP contribution in [0, 0.1) is 0 Å². The predicted molar refractivity (Wildman–Crippen MR) is 83.8 cm³/mol. The zero-order valence-corrected chi connectivity index (χ0v) is 12.7. The van der Waals surface area contributed by atoms with E-state index in [1.165, 1.54) is 19.3 Å². The molecule has 0 aliphatic carbocycles. The lowest BCUT2D eigenvalue weighted by Gasteiger charge is -2.27. The summed E-state index contributed by atoms with van der Waals surface area (Å²) in [6.45, 7) is 4.16. The molecular weight excluding hydrogens is 278 g/mol. The number of anilines is 1. The van der Waals surface area contributed by atoms with Gasteiger partial charge in [-0.15, -0.1) is 0 Å². The maximum atomic E-state index is 5.41. The van der Waals surface area contributed by atoms with E-state index in [2.05, 4.69) is 31.4 Å². The lowest BCUT2D eigenvalue weighted by Crippen LogP contribution is -2.29. The van der Waals surface area contributed by atoms with Crippen molar-refractivity contribution in [2.24, 2.45) is 0 Å². The maximum Gasteiger partial charge on any atom is 0.231 e. The third kappa shape index (κ3) is 2.70. The minimum absolute atomic E-state index is 0.349. The third-order valence-corrected chi connectivity index (χ3v) is 4.54. The van der Waals surface area contributed by atoms with Gasteiger partial charge in [-0.05, 0) is 44.4 Å². The number of nitrogens with zero attached hydrogens (tertiary/aromatic N) is 4. The lowest BCUT2D eigenvalue weighted by atomic mass is 10.1. The molecular formula is C16H21N5O. The Morgan fingerprint density at radius 2 is 2.09 bits per heavy atom. The summed E-state index contributed by atoms with van der Waals surface area (Å²) in [4.78, 5) is 11.5. The molecule has 4 heterocycles. The van der Waals surface area contributed by atoms with Gasteiger partial charge in [0.15, 0.2) is 0 Å². The predicted octanol–water partition coefficient (Wildman–Crippen LogP) is 2.20. The average Bonchev–Trinajstić information content (AvgIpc) is 3.27. The van der Waals surface area contributed by atoms with E-state index in [0.717, 1.165) is 49.9 Å². The Labute approximate surface area is 129 Å². The Bertz CT molecular complexity index is 612. The largest absolute Gasteiger partial charge is 0.357 e. The number of hydrogen-bond acceptors (Lipinski definition) is 6. The van der Waals surface area contributed by atoms with Gasteiger partial charge in [-0.2, -0.15) is 4.98 Å². The van der Waals surface area contributed by atoms with Crippen molar-refractivity contribution < 1.29 is 4.52 Å². The van der Waals surface area contributed by atoms with Gasteiger partial charge in [0.05, 0.1) is 5.92 Å². The minimum Gasteiger partial charge on any atom is -0.357 e. The van der Waals surface area contributed by atoms with Gasteiger partial charge in [0, 0.05) is 31.4 Å². The van der Waals surface area contributed by atoms with E-state index >= 15 is 0 Å². The van der Waals surface area contributed by atoms with Gasteiger partial charge in [-0.1, -0.05) is 5.16 Å². The number of piperidine rings is 1. The first-order chi connectivity index (χ1) is 10.9. The molecule has 4 rings (SSSR count). The molecule has 0 aromatic carbocycles. The second-order valence-electron chi connectivity index (χ2n) is 6.10. The molecule has 1 atom stereocenters. The van der Waals surface area contributed by atoms with Crippen molar-refractivity contribution in [3.05, 3.63) is 24.2 Å². The second-order valence-corrected chi connectivity index (χ2v) is 6.10. The molecule has 2 aliphatic heterocycles. The Morgan fingerprint density at radius 3 is 2.82 bits per heavy atom. The zero-order valence-electron chi connectivity index (χ0n) is 12.7. The van der Waals surface area contributed by atoms with Crippen LogP contribution >= 0.6 is 0 Å². The first kappa shape index (κ1) is 13.7. The molecule has 0 unspecified atom stereocenters. The molecule has 6 nitrogen and oxygen atoms in total. The van der Waals surface area contributed by atoms with Crippen LogP contribution in [0.3, 0.4) is 0 Å². The van der Waals surface area contributed by atoms with Gasteiger partial charge in [0.1, 0.15) is 5.82 Å². The molecule has 0 spiro atoms. The van der Waals surface area contributed by atoms with Gasteiger partial charge in [0.2, 0.25) is 11.7 Å². The molecule has 2 aliphatic rings. The van der Waals surface area contributed by atoms with Crippen molar-refractivity contribution in [3.63, 3.8) is 0 Å². The van der Waals surface area contributed by atoms with Crippen LogP contribution in [-0.2, 0) is 0 Å². The highest BCUT2D eigenvalue weighted by atomic mass is 16.5. The Hall–Kier alpha value is -1.95. The van der Waals surface area contributed by atoms with Crippen LogP contribution in [0.5, 0.6) is 0 Å². The number of rotatable bonds is 3. The Kier molecular flexibility index (Phi) is 3.76. The average molecular weight is 299 g/mol. The lowest BCUT2D eigenvalue weighted by molar-refractivity contribution is 0.359. The van der Waals surface area contributed by atoms with Crippen molar-refractivity contribution in [1.82, 2.24) is 20.4 Å². The fraction of sp³-hybridized carbons (Fsp3) is 0.562. The quantitative estimate of drug-likeness (QED) is 0.937. The molecule has 0 radical (unpaired) electrons. The summed E-state index contributed by atoms with van der Waals surface area (Å²) in [5.74, 6) is 2.77. The van der Waals surface area contributed by atoms with Crippen LogP contribution in [-0.4, -0.2) is 41.3 Å². The van der Waals surface area contributed by atoms with Crippen molar-refractivity contribution in [1.29, 1.82) is 0 Å². The highest BCUT2D eigenvalue weighted by Gasteiger charge is 2.23. The van der Waals surface area contributed by atoms with E-state index in [1.807, 2.05) is 12.3 Å². The summed E-state index contributed by atoms with van der Waals surface area (Å²) in [5.41, 5.74) is 0.918. The SMILES string of the molecule is c1cc(N2CCCCC2)ncc1-c1noc([C@@H]2CCNC2)n1. The Balaban J connectivity index is 1.50. The molecule has 2 aromatic heterocycles. The van der Waals surface area contributed by atoms with Crippen molar-refractivity contribution in [2.75, 3.05) is 31.1 Å². The molecule has 0 bridgehead atoms. The standard InChI is InChI=1S/C16H21N5O/c1-2-8-21(9-3-1)14-5-4-12(11-18-14)15-19-16(22-20-15)13-6-7-17-10-13/h4-5,11,13,17H,1-3,6-10H2/t13-/m1/s1. The first-order valence-electron chi connectivity index (χ1n) is 8.16. The van der Waals surface area contributed by atoms with Gasteiger partial charge in [-0.3, -0.25) is 0 Å². The normalized spacial score (nSPS) is 22.2. The number of hydrogen-bond donors (Lipinski definition) is 1. The van der Waals surface area contributed by atoms with E-state index in [0.29, 0.717) is 11.7 Å². The van der Waals surface area contributed by atoms with Crippen LogP contribution in [0.4, 0.5) is 5.82 Å². The fourth-order valence-electron chi connectivity index (χ4n) is 3.21. The molecule has 1 N–H and O–H groups in total. The van der Waals surface area contributed by atoms with Crippen molar-refractivity contribution in [3.8, 4) is 11.4 Å². The number of nitrogens with one attached hydrogen (secondary N) is 1. The van der Waals surface area contributed by atoms with Gasteiger partial charge < -0.3 is 14.7 Å². The molecule has 6 heteroatoms. The molecule has 116 valence electrons. The molecule has 22 heavy (non-hydrogen) atoms. The van der Waals surface area contributed by atoms with E-state index in [9.17, 15) is 0 Å². The van der Waals surface area contributed by atoms with E-state index < -0.39 is 0 Å². The number of aromatic nitrogens is 3. The van der Waals surface area contributed by atoms with E-state index in [4.69, 9.17) is 4.52 Å². The smallest absolute Gasteiger partial charge is 0.231 e. The zero-order chi connectivity index (χ0) is 14.8. The summed E-state index contributed by atoms with van der Waals surface area (Å²) in [6.07, 6.45) is 6.76.